The molecule has 1 atom stereocenters. The lowest BCUT2D eigenvalue weighted by atomic mass is 9.72. The first kappa shape index (κ1) is 17.5. The Morgan fingerprint density at radius 1 is 0.952 bits per heavy atom. The SMILES string of the molecule is CC(C)(C)C1CCC(P(=O)(NN)NC2CCCCC2)CC1. The molecule has 4 nitrogen and oxygen atoms in total. The maximum absolute atomic E-state index is 13.2. The van der Waals surface area contributed by atoms with Crippen LogP contribution in [0.3, 0.4) is 0 Å². The van der Waals surface area contributed by atoms with Gasteiger partial charge in [0.25, 0.3) is 0 Å². The summed E-state index contributed by atoms with van der Waals surface area (Å²) in [5.74, 6) is 6.44. The van der Waals surface area contributed by atoms with Crippen molar-refractivity contribution in [2.45, 2.75) is 90.3 Å². The van der Waals surface area contributed by atoms with Gasteiger partial charge in [-0.3, -0.25) is 15.5 Å². The van der Waals surface area contributed by atoms with E-state index in [4.69, 9.17) is 5.84 Å². The van der Waals surface area contributed by atoms with Gasteiger partial charge in [0.05, 0.1) is 0 Å². The van der Waals surface area contributed by atoms with Gasteiger partial charge in [0.2, 0.25) is 7.44 Å². The molecule has 0 bridgehead atoms. The summed E-state index contributed by atoms with van der Waals surface area (Å²) in [5.41, 5.74) is 0.574. The molecule has 2 rings (SSSR count). The van der Waals surface area contributed by atoms with Crippen molar-refractivity contribution in [3.63, 3.8) is 0 Å². The highest BCUT2D eigenvalue weighted by atomic mass is 31.2. The fraction of sp³-hybridized carbons (Fsp3) is 1.00. The van der Waals surface area contributed by atoms with Crippen molar-refractivity contribution in [1.82, 2.24) is 10.3 Å². The number of nitrogens with two attached hydrogens (primary N) is 1. The van der Waals surface area contributed by atoms with E-state index in [1.165, 1.54) is 32.1 Å². The summed E-state index contributed by atoms with van der Waals surface area (Å²) < 4.78 is 13.2. The molecule has 0 aliphatic heterocycles. The van der Waals surface area contributed by atoms with Crippen molar-refractivity contribution in [2.24, 2.45) is 17.2 Å². The largest absolute Gasteiger partial charge is 0.288 e. The highest BCUT2D eigenvalue weighted by Gasteiger charge is 2.39. The first-order chi connectivity index (χ1) is 9.85. The van der Waals surface area contributed by atoms with Gasteiger partial charge in [0.15, 0.2) is 0 Å². The predicted octanol–water partition coefficient (Wildman–Crippen LogP) is 4.17. The molecule has 0 aromatic rings. The third kappa shape index (κ3) is 4.54. The molecule has 2 saturated carbocycles. The van der Waals surface area contributed by atoms with Crippen LogP contribution < -0.4 is 16.1 Å². The van der Waals surface area contributed by atoms with Gasteiger partial charge < -0.3 is 0 Å². The monoisotopic (exact) mass is 315 g/mol. The molecule has 2 aliphatic rings. The van der Waals surface area contributed by atoms with E-state index in [0.29, 0.717) is 11.5 Å². The van der Waals surface area contributed by atoms with E-state index in [9.17, 15) is 4.57 Å². The average Bonchev–Trinajstić information content (AvgIpc) is 2.47. The molecule has 0 radical (unpaired) electrons. The minimum atomic E-state index is -2.65. The van der Waals surface area contributed by atoms with Crippen LogP contribution in [0.15, 0.2) is 0 Å². The van der Waals surface area contributed by atoms with Gasteiger partial charge in [0.1, 0.15) is 0 Å². The molecule has 0 spiro atoms. The second kappa shape index (κ2) is 7.12. The van der Waals surface area contributed by atoms with E-state index in [0.717, 1.165) is 31.6 Å². The minimum absolute atomic E-state index is 0.211. The van der Waals surface area contributed by atoms with Crippen molar-refractivity contribution in [3.8, 4) is 0 Å². The summed E-state index contributed by atoms with van der Waals surface area (Å²) >= 11 is 0. The summed E-state index contributed by atoms with van der Waals surface area (Å²) in [6, 6.07) is 0.390. The van der Waals surface area contributed by atoms with E-state index >= 15 is 0 Å². The van der Waals surface area contributed by atoms with Gasteiger partial charge in [-0.1, -0.05) is 40.0 Å². The number of rotatable bonds is 4. The Balaban J connectivity index is 1.93. The van der Waals surface area contributed by atoms with Crippen LogP contribution in [0.5, 0.6) is 0 Å². The van der Waals surface area contributed by atoms with Crippen LogP contribution in [0.25, 0.3) is 0 Å². The Morgan fingerprint density at radius 3 is 2.00 bits per heavy atom. The van der Waals surface area contributed by atoms with Crippen molar-refractivity contribution in [2.75, 3.05) is 0 Å². The third-order valence-electron chi connectivity index (χ3n) is 5.61. The summed E-state index contributed by atoms with van der Waals surface area (Å²) in [6.45, 7) is 6.96. The molecule has 4 N–H and O–H groups in total. The van der Waals surface area contributed by atoms with Crippen molar-refractivity contribution in [3.05, 3.63) is 0 Å². The summed E-state index contributed by atoms with van der Waals surface area (Å²) in [7, 11) is -2.65. The highest BCUT2D eigenvalue weighted by molar-refractivity contribution is 7.60. The van der Waals surface area contributed by atoms with Crippen LogP contribution in [0, 0.1) is 11.3 Å². The zero-order valence-electron chi connectivity index (χ0n) is 14.0. The Hall–Kier alpha value is 0.110. The second-order valence-corrected chi connectivity index (χ2v) is 10.7. The van der Waals surface area contributed by atoms with Gasteiger partial charge in [-0.05, 0) is 49.9 Å². The fourth-order valence-electron chi connectivity index (χ4n) is 4.06. The van der Waals surface area contributed by atoms with Crippen molar-refractivity contribution >= 4 is 7.44 Å². The number of hydrogen-bond donors (Lipinski definition) is 3. The normalized spacial score (nSPS) is 31.8. The van der Waals surface area contributed by atoms with Gasteiger partial charge >= 0.3 is 0 Å². The van der Waals surface area contributed by atoms with Gasteiger partial charge in [-0.2, -0.15) is 5.20 Å². The quantitative estimate of drug-likeness (QED) is 0.414. The van der Waals surface area contributed by atoms with Gasteiger partial charge in [0, 0.05) is 11.7 Å². The van der Waals surface area contributed by atoms with Gasteiger partial charge in [-0.15, -0.1) is 0 Å². The standard InChI is InChI=1S/C16H34N3OP/c1-16(2,3)13-9-11-15(12-10-13)21(20,19-17)18-14-7-5-4-6-8-14/h13-15H,4-12,17H2,1-3H3,(H2,18,19,20). The predicted molar refractivity (Wildman–Crippen MR) is 90.1 cm³/mol. The first-order valence-electron chi connectivity index (χ1n) is 8.70. The maximum atomic E-state index is 13.2. The molecule has 0 heterocycles. The molecular formula is C16H34N3OP. The molecule has 0 aromatic carbocycles. The van der Waals surface area contributed by atoms with Crippen LogP contribution in [0.2, 0.25) is 0 Å². The summed E-state index contributed by atoms with van der Waals surface area (Å²) in [4.78, 5) is 0. The van der Waals surface area contributed by atoms with E-state index in [1.807, 2.05) is 0 Å². The zero-order chi connectivity index (χ0) is 15.5. The minimum Gasteiger partial charge on any atom is -0.288 e. The molecule has 5 heteroatoms. The molecule has 124 valence electrons. The summed E-state index contributed by atoms with van der Waals surface area (Å²) in [6.07, 6.45) is 10.5. The van der Waals surface area contributed by atoms with E-state index in [2.05, 4.69) is 31.1 Å². The van der Waals surface area contributed by atoms with Crippen LogP contribution in [0.4, 0.5) is 0 Å². The topological polar surface area (TPSA) is 67.2 Å². The lowest BCUT2D eigenvalue weighted by molar-refractivity contribution is 0.179. The summed E-state index contributed by atoms with van der Waals surface area (Å²) in [5, 5.41) is 6.12. The number of hydrogen-bond acceptors (Lipinski definition) is 2. The second-order valence-electron chi connectivity index (χ2n) is 8.12. The Kier molecular flexibility index (Phi) is 5.92. The van der Waals surface area contributed by atoms with E-state index in [-0.39, 0.29) is 5.66 Å². The molecule has 0 amide bonds. The number of nitrogens with one attached hydrogen (secondary N) is 2. The van der Waals surface area contributed by atoms with Crippen LogP contribution in [-0.2, 0) is 4.57 Å². The average molecular weight is 315 g/mol. The highest BCUT2D eigenvalue weighted by Crippen LogP contribution is 2.52. The molecule has 21 heavy (non-hydrogen) atoms. The lowest BCUT2D eigenvalue weighted by Crippen LogP contribution is -2.41. The maximum Gasteiger partial charge on any atom is 0.227 e. The Bertz CT molecular complexity index is 366. The Labute approximate surface area is 130 Å². The molecular weight excluding hydrogens is 281 g/mol. The first-order valence-corrected chi connectivity index (χ1v) is 10.5. The van der Waals surface area contributed by atoms with E-state index in [1.54, 1.807) is 0 Å². The molecule has 0 aromatic heterocycles. The smallest absolute Gasteiger partial charge is 0.227 e. The molecule has 1 unspecified atom stereocenters. The van der Waals surface area contributed by atoms with Crippen LogP contribution in [-0.4, -0.2) is 11.7 Å². The lowest BCUT2D eigenvalue weighted by Gasteiger charge is -2.40. The van der Waals surface area contributed by atoms with Crippen molar-refractivity contribution < 1.29 is 4.57 Å². The van der Waals surface area contributed by atoms with E-state index < -0.39 is 7.44 Å². The van der Waals surface area contributed by atoms with Gasteiger partial charge in [-0.25, -0.2) is 0 Å². The van der Waals surface area contributed by atoms with Crippen molar-refractivity contribution in [1.29, 1.82) is 0 Å². The van der Waals surface area contributed by atoms with Crippen LogP contribution in [0.1, 0.15) is 78.6 Å². The number of hydrazine groups is 1. The fourth-order valence-corrected chi connectivity index (χ4v) is 6.38. The van der Waals surface area contributed by atoms with Crippen LogP contribution >= 0.6 is 7.44 Å². The Morgan fingerprint density at radius 2 is 1.52 bits per heavy atom. The zero-order valence-corrected chi connectivity index (χ0v) is 14.9. The molecule has 2 fully saturated rings. The molecule has 0 saturated heterocycles. The molecule has 2 aliphatic carbocycles. The third-order valence-corrected chi connectivity index (χ3v) is 8.28.